The molecule has 7 nitrogen and oxygen atoms in total. The highest BCUT2D eigenvalue weighted by atomic mass is 16.4. The number of aromatic amines is 1. The highest BCUT2D eigenvalue weighted by molar-refractivity contribution is 5.94. The van der Waals surface area contributed by atoms with E-state index < -0.39 is 11.9 Å². The molecule has 2 heterocycles. The number of nitrogens with one attached hydrogen (secondary N) is 2. The summed E-state index contributed by atoms with van der Waals surface area (Å²) in [6.45, 7) is 0.227. The summed E-state index contributed by atoms with van der Waals surface area (Å²) in [6.07, 6.45) is 3.22. The average Bonchev–Trinajstić information content (AvgIpc) is 2.89. The van der Waals surface area contributed by atoms with Crippen LogP contribution in [0, 0.1) is 0 Å². The molecule has 0 fully saturated rings. The molecule has 2 aromatic heterocycles. The number of rotatable bonds is 4. The number of carbonyl (C=O) groups is 2. The molecule has 92 valence electrons. The van der Waals surface area contributed by atoms with Gasteiger partial charge in [0.1, 0.15) is 17.2 Å². The van der Waals surface area contributed by atoms with Crippen LogP contribution in [0.4, 0.5) is 0 Å². The van der Waals surface area contributed by atoms with Gasteiger partial charge in [-0.05, 0) is 12.1 Å². The maximum absolute atomic E-state index is 11.7. The van der Waals surface area contributed by atoms with Crippen molar-refractivity contribution in [3.8, 4) is 0 Å². The van der Waals surface area contributed by atoms with Gasteiger partial charge in [-0.15, -0.1) is 0 Å². The number of amides is 1. The Kier molecular flexibility index (Phi) is 3.33. The zero-order chi connectivity index (χ0) is 13.0. The highest BCUT2D eigenvalue weighted by Gasteiger charge is 2.11. The third kappa shape index (κ3) is 2.70. The molecule has 0 aliphatic carbocycles. The first-order valence-corrected chi connectivity index (χ1v) is 5.13. The van der Waals surface area contributed by atoms with Crippen molar-refractivity contribution in [2.24, 2.45) is 0 Å². The normalized spacial score (nSPS) is 10.0. The predicted molar refractivity (Wildman–Crippen MR) is 61.0 cm³/mol. The van der Waals surface area contributed by atoms with Crippen LogP contribution in [0.1, 0.15) is 26.8 Å². The van der Waals surface area contributed by atoms with Crippen LogP contribution >= 0.6 is 0 Å². The second-order valence-electron chi connectivity index (χ2n) is 3.43. The first-order valence-electron chi connectivity index (χ1n) is 5.13. The van der Waals surface area contributed by atoms with E-state index in [0.717, 1.165) is 0 Å². The van der Waals surface area contributed by atoms with Gasteiger partial charge in [0.15, 0.2) is 0 Å². The number of carboxylic acid groups (broad SMARTS) is 1. The van der Waals surface area contributed by atoms with E-state index in [4.69, 9.17) is 5.11 Å². The van der Waals surface area contributed by atoms with Crippen molar-refractivity contribution in [3.63, 3.8) is 0 Å². The van der Waals surface area contributed by atoms with Gasteiger partial charge in [-0.25, -0.2) is 14.8 Å². The predicted octanol–water partition coefficient (Wildman–Crippen LogP) is 0.433. The molecule has 0 aliphatic rings. The van der Waals surface area contributed by atoms with E-state index in [1.807, 2.05) is 0 Å². The summed E-state index contributed by atoms with van der Waals surface area (Å²) in [4.78, 5) is 32.9. The van der Waals surface area contributed by atoms with Crippen molar-refractivity contribution in [2.75, 3.05) is 0 Å². The monoisotopic (exact) mass is 246 g/mol. The van der Waals surface area contributed by atoms with Crippen LogP contribution in [0.15, 0.2) is 30.6 Å². The smallest absolute Gasteiger partial charge is 0.354 e. The van der Waals surface area contributed by atoms with E-state index in [1.54, 1.807) is 12.4 Å². The van der Waals surface area contributed by atoms with Crippen LogP contribution in [-0.2, 0) is 6.54 Å². The van der Waals surface area contributed by atoms with E-state index >= 15 is 0 Å². The molecular weight excluding hydrogens is 236 g/mol. The molecule has 0 atom stereocenters. The van der Waals surface area contributed by atoms with E-state index in [2.05, 4.69) is 20.3 Å². The first-order chi connectivity index (χ1) is 8.66. The molecular formula is C11H10N4O3. The maximum atomic E-state index is 11.7. The van der Waals surface area contributed by atoms with Gasteiger partial charge in [0.05, 0.1) is 6.54 Å². The molecule has 0 saturated heterocycles. The quantitative estimate of drug-likeness (QED) is 0.725. The van der Waals surface area contributed by atoms with Crippen molar-refractivity contribution < 1.29 is 14.7 Å². The molecule has 1 amide bonds. The van der Waals surface area contributed by atoms with Crippen molar-refractivity contribution >= 4 is 11.9 Å². The molecule has 0 saturated carbocycles. The van der Waals surface area contributed by atoms with E-state index in [1.165, 1.54) is 18.2 Å². The topological polar surface area (TPSA) is 108 Å². The van der Waals surface area contributed by atoms with Crippen LogP contribution in [-0.4, -0.2) is 31.9 Å². The number of hydrogen-bond donors (Lipinski definition) is 3. The Morgan fingerprint density at radius 1 is 1.33 bits per heavy atom. The summed E-state index contributed by atoms with van der Waals surface area (Å²) in [5, 5.41) is 11.3. The zero-order valence-corrected chi connectivity index (χ0v) is 9.25. The Morgan fingerprint density at radius 2 is 2.11 bits per heavy atom. The Labute approximate surface area is 102 Å². The Morgan fingerprint density at radius 3 is 2.78 bits per heavy atom. The maximum Gasteiger partial charge on any atom is 0.354 e. The number of carboxylic acids is 1. The van der Waals surface area contributed by atoms with Crippen LogP contribution < -0.4 is 5.32 Å². The third-order valence-corrected chi connectivity index (χ3v) is 2.17. The molecule has 0 aliphatic heterocycles. The highest BCUT2D eigenvalue weighted by Crippen LogP contribution is 2.00. The second-order valence-corrected chi connectivity index (χ2v) is 3.43. The van der Waals surface area contributed by atoms with Crippen LogP contribution in [0.3, 0.4) is 0 Å². The lowest BCUT2D eigenvalue weighted by Crippen LogP contribution is -2.24. The molecule has 2 aromatic rings. The largest absolute Gasteiger partial charge is 0.477 e. The van der Waals surface area contributed by atoms with Gasteiger partial charge in [0.25, 0.3) is 5.91 Å². The standard InChI is InChI=1S/C11H10N4O3/c16-10(14-6-9-12-4-5-13-9)7-2-1-3-8(15-7)11(17)18/h1-5H,6H2,(H,12,13)(H,14,16)(H,17,18). The minimum Gasteiger partial charge on any atom is -0.477 e. The fourth-order valence-corrected chi connectivity index (χ4v) is 1.33. The Bertz CT molecular complexity index is 565. The first kappa shape index (κ1) is 11.8. The minimum atomic E-state index is -1.17. The molecule has 0 radical (unpaired) electrons. The number of imidazole rings is 1. The lowest BCUT2D eigenvalue weighted by Gasteiger charge is -2.03. The molecule has 18 heavy (non-hydrogen) atoms. The second kappa shape index (κ2) is 5.09. The number of pyridine rings is 1. The summed E-state index contributed by atoms with van der Waals surface area (Å²) < 4.78 is 0. The lowest BCUT2D eigenvalue weighted by atomic mass is 10.3. The number of nitrogens with zero attached hydrogens (tertiary/aromatic N) is 2. The summed E-state index contributed by atoms with van der Waals surface area (Å²) in [5.41, 5.74) is -0.109. The zero-order valence-electron chi connectivity index (χ0n) is 9.25. The van der Waals surface area contributed by atoms with Crippen molar-refractivity contribution in [3.05, 3.63) is 47.8 Å². The van der Waals surface area contributed by atoms with E-state index in [0.29, 0.717) is 5.82 Å². The van der Waals surface area contributed by atoms with Gasteiger partial charge in [-0.3, -0.25) is 4.79 Å². The number of hydrogen-bond acceptors (Lipinski definition) is 4. The number of aromatic nitrogens is 3. The molecule has 0 spiro atoms. The fraction of sp³-hybridized carbons (Fsp3) is 0.0909. The van der Waals surface area contributed by atoms with Crippen molar-refractivity contribution in [1.29, 1.82) is 0 Å². The van der Waals surface area contributed by atoms with Gasteiger partial charge in [0, 0.05) is 12.4 Å². The van der Waals surface area contributed by atoms with Crippen LogP contribution in [0.5, 0.6) is 0 Å². The molecule has 0 unspecified atom stereocenters. The summed E-state index contributed by atoms with van der Waals surface area (Å²) in [5.74, 6) is -1.01. The Hall–Kier alpha value is -2.70. The number of H-pyrrole nitrogens is 1. The molecule has 7 heteroatoms. The Balaban J connectivity index is 2.04. The summed E-state index contributed by atoms with van der Waals surface area (Å²) in [6, 6.07) is 4.24. The molecule has 0 bridgehead atoms. The summed E-state index contributed by atoms with van der Waals surface area (Å²) in [7, 11) is 0. The van der Waals surface area contributed by atoms with Gasteiger partial charge in [-0.1, -0.05) is 6.07 Å². The summed E-state index contributed by atoms with van der Waals surface area (Å²) >= 11 is 0. The fourth-order valence-electron chi connectivity index (χ4n) is 1.33. The van der Waals surface area contributed by atoms with Gasteiger partial charge in [0.2, 0.25) is 0 Å². The third-order valence-electron chi connectivity index (χ3n) is 2.17. The van der Waals surface area contributed by atoms with Crippen LogP contribution in [0.2, 0.25) is 0 Å². The molecule has 3 N–H and O–H groups in total. The van der Waals surface area contributed by atoms with Gasteiger partial charge in [-0.2, -0.15) is 0 Å². The number of carbonyl (C=O) groups excluding carboxylic acids is 1. The molecule has 0 aromatic carbocycles. The van der Waals surface area contributed by atoms with Gasteiger partial charge < -0.3 is 15.4 Å². The van der Waals surface area contributed by atoms with E-state index in [-0.39, 0.29) is 17.9 Å². The number of aromatic carboxylic acids is 1. The average molecular weight is 246 g/mol. The SMILES string of the molecule is O=C(O)c1cccc(C(=O)NCc2ncc[nH]2)n1. The van der Waals surface area contributed by atoms with Crippen molar-refractivity contribution in [2.45, 2.75) is 6.54 Å². The lowest BCUT2D eigenvalue weighted by molar-refractivity contribution is 0.0690. The minimum absolute atomic E-state index is 0.0569. The van der Waals surface area contributed by atoms with Crippen LogP contribution in [0.25, 0.3) is 0 Å². The van der Waals surface area contributed by atoms with E-state index in [9.17, 15) is 9.59 Å². The van der Waals surface area contributed by atoms with Crippen molar-refractivity contribution in [1.82, 2.24) is 20.3 Å². The molecule has 2 rings (SSSR count). The van der Waals surface area contributed by atoms with Gasteiger partial charge >= 0.3 is 5.97 Å².